The largest absolute Gasteiger partial charge is 0.493 e. The molecule has 2 aromatic carbocycles. The van der Waals surface area contributed by atoms with Gasteiger partial charge >= 0.3 is 0 Å². The number of ether oxygens (including phenoxy) is 2. The fraction of sp³-hybridized carbons (Fsp3) is 0.222. The Bertz CT molecular complexity index is 807. The van der Waals surface area contributed by atoms with Gasteiger partial charge in [0.1, 0.15) is 0 Å². The minimum atomic E-state index is -0.364. The Morgan fingerprint density at radius 3 is 2.40 bits per heavy atom. The van der Waals surface area contributed by atoms with Crippen molar-refractivity contribution < 1.29 is 14.3 Å². The molecule has 0 bridgehead atoms. The highest BCUT2D eigenvalue weighted by Gasteiger charge is 2.12. The van der Waals surface area contributed by atoms with Crippen LogP contribution in [0.5, 0.6) is 11.5 Å². The van der Waals surface area contributed by atoms with Gasteiger partial charge in [-0.3, -0.25) is 4.79 Å². The van der Waals surface area contributed by atoms with Gasteiger partial charge < -0.3 is 9.47 Å². The SMILES string of the molecule is CC/C(=N\NC(=O)c1ccc(OC)c(OC)c1)c1ccc(Cl)cc1Cl. The second-order valence-electron chi connectivity index (χ2n) is 5.05. The van der Waals surface area contributed by atoms with Crippen molar-refractivity contribution in [2.75, 3.05) is 14.2 Å². The van der Waals surface area contributed by atoms with Gasteiger partial charge in [-0.2, -0.15) is 5.10 Å². The molecular weight excluding hydrogens is 363 g/mol. The number of hydrogen-bond donors (Lipinski definition) is 1. The van der Waals surface area contributed by atoms with Crippen LogP contribution >= 0.6 is 23.2 Å². The molecular formula is C18H18Cl2N2O3. The zero-order chi connectivity index (χ0) is 18.4. The quantitative estimate of drug-likeness (QED) is 0.590. The number of carbonyl (C=O) groups excluding carboxylic acids is 1. The van der Waals surface area contributed by atoms with Crippen molar-refractivity contribution >= 4 is 34.8 Å². The molecule has 0 saturated heterocycles. The van der Waals surface area contributed by atoms with Gasteiger partial charge in [-0.05, 0) is 36.8 Å². The Kier molecular flexibility index (Phi) is 6.67. The first-order valence-electron chi connectivity index (χ1n) is 7.54. The van der Waals surface area contributed by atoms with E-state index >= 15 is 0 Å². The third-order valence-corrected chi connectivity index (χ3v) is 4.06. The summed E-state index contributed by atoms with van der Waals surface area (Å²) in [5, 5.41) is 5.22. The van der Waals surface area contributed by atoms with Crippen molar-refractivity contribution in [3.05, 3.63) is 57.6 Å². The molecule has 25 heavy (non-hydrogen) atoms. The summed E-state index contributed by atoms with van der Waals surface area (Å²) in [6.07, 6.45) is 0.591. The van der Waals surface area contributed by atoms with E-state index in [2.05, 4.69) is 10.5 Å². The third-order valence-electron chi connectivity index (χ3n) is 3.52. The van der Waals surface area contributed by atoms with Crippen molar-refractivity contribution in [3.8, 4) is 11.5 Å². The van der Waals surface area contributed by atoms with Crippen LogP contribution in [0.1, 0.15) is 29.3 Å². The van der Waals surface area contributed by atoms with Gasteiger partial charge in [-0.1, -0.05) is 36.2 Å². The van der Waals surface area contributed by atoms with E-state index in [1.807, 2.05) is 6.92 Å². The number of rotatable bonds is 6. The van der Waals surface area contributed by atoms with Crippen LogP contribution in [-0.4, -0.2) is 25.8 Å². The molecule has 1 N–H and O–H groups in total. The summed E-state index contributed by atoms with van der Waals surface area (Å²) in [6.45, 7) is 1.92. The third kappa shape index (κ3) is 4.65. The molecule has 0 radical (unpaired) electrons. The van der Waals surface area contributed by atoms with E-state index in [9.17, 15) is 4.79 Å². The van der Waals surface area contributed by atoms with E-state index in [1.165, 1.54) is 14.2 Å². The number of methoxy groups -OCH3 is 2. The monoisotopic (exact) mass is 380 g/mol. The number of nitrogens with zero attached hydrogens (tertiary/aromatic N) is 1. The molecule has 0 atom stereocenters. The molecule has 0 aromatic heterocycles. The number of benzene rings is 2. The van der Waals surface area contributed by atoms with Crippen LogP contribution in [0.15, 0.2) is 41.5 Å². The highest BCUT2D eigenvalue weighted by Crippen LogP contribution is 2.27. The highest BCUT2D eigenvalue weighted by molar-refractivity contribution is 6.37. The zero-order valence-electron chi connectivity index (χ0n) is 14.1. The maximum Gasteiger partial charge on any atom is 0.271 e. The first-order valence-corrected chi connectivity index (χ1v) is 8.30. The van der Waals surface area contributed by atoms with Gasteiger partial charge in [0.15, 0.2) is 11.5 Å². The molecule has 2 aromatic rings. The van der Waals surface area contributed by atoms with Gasteiger partial charge in [-0.15, -0.1) is 0 Å². The van der Waals surface area contributed by atoms with Crippen LogP contribution < -0.4 is 14.9 Å². The summed E-state index contributed by atoms with van der Waals surface area (Å²) in [6, 6.07) is 10.0. The van der Waals surface area contributed by atoms with E-state index in [-0.39, 0.29) is 5.91 Å². The first-order chi connectivity index (χ1) is 12.0. The van der Waals surface area contributed by atoms with Crippen LogP contribution in [0.2, 0.25) is 10.0 Å². The second kappa shape index (κ2) is 8.74. The zero-order valence-corrected chi connectivity index (χ0v) is 15.6. The van der Waals surface area contributed by atoms with Crippen LogP contribution in [-0.2, 0) is 0 Å². The van der Waals surface area contributed by atoms with Crippen molar-refractivity contribution in [3.63, 3.8) is 0 Å². The minimum Gasteiger partial charge on any atom is -0.493 e. The topological polar surface area (TPSA) is 59.9 Å². The van der Waals surface area contributed by atoms with Gasteiger partial charge in [0.25, 0.3) is 5.91 Å². The molecule has 1 amide bonds. The molecule has 0 aliphatic rings. The van der Waals surface area contributed by atoms with Crippen molar-refractivity contribution in [2.45, 2.75) is 13.3 Å². The number of hydrogen-bond acceptors (Lipinski definition) is 4. The van der Waals surface area contributed by atoms with Crippen LogP contribution in [0, 0.1) is 0 Å². The fourth-order valence-electron chi connectivity index (χ4n) is 2.21. The Hall–Kier alpha value is -2.24. The molecule has 0 heterocycles. The van der Waals surface area contributed by atoms with Gasteiger partial charge in [0, 0.05) is 16.1 Å². The Morgan fingerprint density at radius 2 is 1.80 bits per heavy atom. The van der Waals surface area contributed by atoms with Crippen LogP contribution in [0.3, 0.4) is 0 Å². The predicted molar refractivity (Wildman–Crippen MR) is 100 cm³/mol. The Balaban J connectivity index is 2.22. The van der Waals surface area contributed by atoms with E-state index in [1.54, 1.807) is 36.4 Å². The fourth-order valence-corrected chi connectivity index (χ4v) is 2.73. The summed E-state index contributed by atoms with van der Waals surface area (Å²) in [5.41, 5.74) is 4.31. The maximum atomic E-state index is 12.3. The van der Waals surface area contributed by atoms with E-state index < -0.39 is 0 Å². The summed E-state index contributed by atoms with van der Waals surface area (Å²) in [5.74, 6) is 0.650. The number of carbonyl (C=O) groups is 1. The molecule has 0 spiro atoms. The Labute approximate surface area is 156 Å². The molecule has 0 saturated carbocycles. The van der Waals surface area contributed by atoms with Gasteiger partial charge in [0.2, 0.25) is 0 Å². The summed E-state index contributed by atoms with van der Waals surface area (Å²) in [7, 11) is 3.04. The normalized spacial score (nSPS) is 11.2. The van der Waals surface area contributed by atoms with Gasteiger partial charge in [0.05, 0.1) is 25.0 Å². The second-order valence-corrected chi connectivity index (χ2v) is 5.89. The lowest BCUT2D eigenvalue weighted by Crippen LogP contribution is -2.20. The molecule has 7 heteroatoms. The average molecular weight is 381 g/mol. The summed E-state index contributed by atoms with van der Waals surface area (Å²) < 4.78 is 10.4. The number of nitrogens with one attached hydrogen (secondary N) is 1. The Morgan fingerprint density at radius 1 is 1.08 bits per heavy atom. The standard InChI is InChI=1S/C18H18Cl2N2O3/c1-4-15(13-7-6-12(19)10-14(13)20)21-22-18(23)11-5-8-16(24-2)17(9-11)25-3/h5-10H,4H2,1-3H3,(H,22,23)/b21-15+. The average Bonchev–Trinajstić information content (AvgIpc) is 2.62. The molecule has 0 aliphatic heterocycles. The molecule has 0 aliphatic carbocycles. The van der Waals surface area contributed by atoms with Gasteiger partial charge in [-0.25, -0.2) is 5.43 Å². The van der Waals surface area contributed by atoms with Crippen LogP contribution in [0.25, 0.3) is 0 Å². The summed E-state index contributed by atoms with van der Waals surface area (Å²) in [4.78, 5) is 12.3. The smallest absolute Gasteiger partial charge is 0.271 e. The molecule has 0 fully saturated rings. The van der Waals surface area contributed by atoms with Crippen molar-refractivity contribution in [1.29, 1.82) is 0 Å². The molecule has 2 rings (SSSR count). The van der Waals surface area contributed by atoms with Crippen LogP contribution in [0.4, 0.5) is 0 Å². The molecule has 0 unspecified atom stereocenters. The van der Waals surface area contributed by atoms with E-state index in [0.717, 1.165) is 5.56 Å². The van der Waals surface area contributed by atoms with Crippen molar-refractivity contribution in [1.82, 2.24) is 5.43 Å². The number of amides is 1. The lowest BCUT2D eigenvalue weighted by atomic mass is 10.1. The predicted octanol–water partition coefficient (Wildman–Crippen LogP) is 4.55. The lowest BCUT2D eigenvalue weighted by Gasteiger charge is -2.10. The number of hydrazone groups is 1. The lowest BCUT2D eigenvalue weighted by molar-refractivity contribution is 0.0954. The number of halogens is 2. The highest BCUT2D eigenvalue weighted by atomic mass is 35.5. The maximum absolute atomic E-state index is 12.3. The minimum absolute atomic E-state index is 0.364. The van der Waals surface area contributed by atoms with E-state index in [0.29, 0.717) is 39.2 Å². The summed E-state index contributed by atoms with van der Waals surface area (Å²) >= 11 is 12.1. The van der Waals surface area contributed by atoms with Crippen molar-refractivity contribution in [2.24, 2.45) is 5.10 Å². The molecule has 132 valence electrons. The van der Waals surface area contributed by atoms with E-state index in [4.69, 9.17) is 32.7 Å². The molecule has 5 nitrogen and oxygen atoms in total. The first kappa shape index (κ1) is 19.1.